The molecule has 4 nitrogen and oxygen atoms in total. The Labute approximate surface area is 125 Å². The maximum atomic E-state index is 6.41. The van der Waals surface area contributed by atoms with Crippen LogP contribution < -0.4 is 5.32 Å². The zero-order valence-corrected chi connectivity index (χ0v) is 13.2. The van der Waals surface area contributed by atoms with Crippen LogP contribution in [0.2, 0.25) is 5.02 Å². The van der Waals surface area contributed by atoms with E-state index in [-0.39, 0.29) is 0 Å². The third kappa shape index (κ3) is 3.19. The van der Waals surface area contributed by atoms with Gasteiger partial charge in [-0.25, -0.2) is 9.67 Å². The highest BCUT2D eigenvalue weighted by Crippen LogP contribution is 2.25. The van der Waals surface area contributed by atoms with E-state index in [0.717, 1.165) is 30.3 Å². The van der Waals surface area contributed by atoms with E-state index < -0.39 is 0 Å². The van der Waals surface area contributed by atoms with Gasteiger partial charge in [0.1, 0.15) is 11.6 Å². The molecule has 2 aromatic rings. The summed E-state index contributed by atoms with van der Waals surface area (Å²) in [6.45, 7) is 9.11. The van der Waals surface area contributed by atoms with Crippen molar-refractivity contribution < 1.29 is 0 Å². The molecule has 1 atom stereocenters. The Hall–Kier alpha value is -1.39. The zero-order valence-electron chi connectivity index (χ0n) is 12.4. The number of aromatic nitrogens is 3. The quantitative estimate of drug-likeness (QED) is 0.915. The van der Waals surface area contributed by atoms with Crippen LogP contribution in [-0.4, -0.2) is 21.3 Å². The fraction of sp³-hybridized carbons (Fsp3) is 0.467. The monoisotopic (exact) mass is 292 g/mol. The van der Waals surface area contributed by atoms with E-state index in [0.29, 0.717) is 11.1 Å². The summed E-state index contributed by atoms with van der Waals surface area (Å²) in [7, 11) is 0. The van der Waals surface area contributed by atoms with Gasteiger partial charge in [-0.15, -0.1) is 0 Å². The summed E-state index contributed by atoms with van der Waals surface area (Å²) < 4.78 is 1.78. The molecule has 2 rings (SSSR count). The lowest BCUT2D eigenvalue weighted by Crippen LogP contribution is -2.19. The van der Waals surface area contributed by atoms with E-state index in [2.05, 4.69) is 35.3 Å². The number of rotatable bonds is 5. The molecule has 0 aliphatic heterocycles. The van der Waals surface area contributed by atoms with Gasteiger partial charge in [0.15, 0.2) is 0 Å². The molecule has 0 amide bonds. The highest BCUT2D eigenvalue weighted by atomic mass is 35.5. The number of nitrogens with zero attached hydrogens (tertiary/aromatic N) is 3. The van der Waals surface area contributed by atoms with E-state index in [1.807, 2.05) is 26.0 Å². The van der Waals surface area contributed by atoms with Crippen molar-refractivity contribution in [1.29, 1.82) is 0 Å². The largest absolute Gasteiger partial charge is 0.310 e. The molecule has 1 N–H and O–H groups in total. The van der Waals surface area contributed by atoms with Gasteiger partial charge in [-0.05, 0) is 51.4 Å². The summed E-state index contributed by atoms with van der Waals surface area (Å²) in [5, 5.41) is 8.52. The van der Waals surface area contributed by atoms with Gasteiger partial charge < -0.3 is 5.32 Å². The Morgan fingerprint density at radius 1 is 1.35 bits per heavy atom. The summed E-state index contributed by atoms with van der Waals surface area (Å²) in [5.41, 5.74) is 2.05. The van der Waals surface area contributed by atoms with E-state index in [9.17, 15) is 0 Å². The minimum absolute atomic E-state index is 0.292. The third-order valence-electron chi connectivity index (χ3n) is 3.28. The number of hydrogen-bond acceptors (Lipinski definition) is 3. The Bertz CT molecular complexity index is 592. The van der Waals surface area contributed by atoms with Crippen LogP contribution in [0.15, 0.2) is 18.2 Å². The van der Waals surface area contributed by atoms with Gasteiger partial charge >= 0.3 is 0 Å². The molecular weight excluding hydrogens is 272 g/mol. The number of nitrogens with one attached hydrogen (secondary N) is 1. The molecule has 0 spiro atoms. The standard InChI is InChI=1S/C15H21ClN4/c1-5-8-17-10(2)13-6-7-15(14(16)9-13)20-12(4)18-11(3)19-20/h6-7,9-10,17H,5,8H2,1-4H3. The molecule has 0 bridgehead atoms. The number of halogens is 1. The van der Waals surface area contributed by atoms with Crippen LogP contribution in [-0.2, 0) is 0 Å². The minimum Gasteiger partial charge on any atom is -0.310 e. The SMILES string of the molecule is CCCNC(C)c1ccc(-n2nc(C)nc2C)c(Cl)c1. The van der Waals surface area contributed by atoms with Crippen LogP contribution in [0.25, 0.3) is 5.69 Å². The highest BCUT2D eigenvalue weighted by Gasteiger charge is 2.11. The van der Waals surface area contributed by atoms with E-state index in [1.165, 1.54) is 5.56 Å². The lowest BCUT2D eigenvalue weighted by atomic mass is 10.1. The Balaban J connectivity index is 2.28. The molecule has 0 radical (unpaired) electrons. The van der Waals surface area contributed by atoms with Gasteiger partial charge in [0, 0.05) is 6.04 Å². The van der Waals surface area contributed by atoms with Crippen LogP contribution >= 0.6 is 11.6 Å². The second kappa shape index (κ2) is 6.37. The number of aryl methyl sites for hydroxylation is 2. The van der Waals surface area contributed by atoms with Crippen molar-refractivity contribution in [2.24, 2.45) is 0 Å². The van der Waals surface area contributed by atoms with Gasteiger partial charge in [-0.3, -0.25) is 0 Å². The van der Waals surface area contributed by atoms with Crippen LogP contribution in [0, 0.1) is 13.8 Å². The Morgan fingerprint density at radius 3 is 2.65 bits per heavy atom. The van der Waals surface area contributed by atoms with Crippen LogP contribution in [0.5, 0.6) is 0 Å². The summed E-state index contributed by atoms with van der Waals surface area (Å²) >= 11 is 6.41. The lowest BCUT2D eigenvalue weighted by Gasteiger charge is -2.15. The van der Waals surface area contributed by atoms with Crippen molar-refractivity contribution in [3.8, 4) is 5.69 Å². The molecule has 0 aliphatic carbocycles. The summed E-state index contributed by atoms with van der Waals surface area (Å²) in [6, 6.07) is 6.38. The van der Waals surface area contributed by atoms with Gasteiger partial charge in [0.2, 0.25) is 0 Å². The fourth-order valence-electron chi connectivity index (χ4n) is 2.19. The van der Waals surface area contributed by atoms with Crippen molar-refractivity contribution in [3.05, 3.63) is 40.4 Å². The molecule has 1 aromatic heterocycles. The second-order valence-corrected chi connectivity index (χ2v) is 5.41. The molecule has 1 heterocycles. The molecule has 0 saturated heterocycles. The number of benzene rings is 1. The Kier molecular flexibility index (Phi) is 4.78. The second-order valence-electron chi connectivity index (χ2n) is 5.00. The normalized spacial score (nSPS) is 12.7. The summed E-state index contributed by atoms with van der Waals surface area (Å²) in [5.74, 6) is 1.59. The minimum atomic E-state index is 0.292. The lowest BCUT2D eigenvalue weighted by molar-refractivity contribution is 0.570. The Morgan fingerprint density at radius 2 is 2.10 bits per heavy atom. The maximum Gasteiger partial charge on any atom is 0.148 e. The highest BCUT2D eigenvalue weighted by molar-refractivity contribution is 6.32. The van der Waals surface area contributed by atoms with Gasteiger partial charge in [0.05, 0.1) is 10.7 Å². The van der Waals surface area contributed by atoms with Crippen LogP contribution in [0.1, 0.15) is 43.5 Å². The van der Waals surface area contributed by atoms with Crippen molar-refractivity contribution in [2.45, 2.75) is 40.2 Å². The van der Waals surface area contributed by atoms with E-state index in [4.69, 9.17) is 11.6 Å². The summed E-state index contributed by atoms with van der Waals surface area (Å²) in [6.07, 6.45) is 1.12. The fourth-order valence-corrected chi connectivity index (χ4v) is 2.46. The first kappa shape index (κ1) is 15.0. The summed E-state index contributed by atoms with van der Waals surface area (Å²) in [4.78, 5) is 4.31. The molecule has 0 saturated carbocycles. The molecule has 1 unspecified atom stereocenters. The molecule has 108 valence electrons. The third-order valence-corrected chi connectivity index (χ3v) is 3.58. The first-order valence-electron chi connectivity index (χ1n) is 6.96. The smallest absolute Gasteiger partial charge is 0.148 e. The van der Waals surface area contributed by atoms with E-state index in [1.54, 1.807) is 4.68 Å². The average molecular weight is 293 g/mol. The predicted octanol–water partition coefficient (Wildman–Crippen LogP) is 3.60. The molecule has 20 heavy (non-hydrogen) atoms. The first-order valence-corrected chi connectivity index (χ1v) is 7.34. The van der Waals surface area contributed by atoms with Gasteiger partial charge in [-0.2, -0.15) is 5.10 Å². The van der Waals surface area contributed by atoms with Gasteiger partial charge in [-0.1, -0.05) is 24.6 Å². The van der Waals surface area contributed by atoms with E-state index >= 15 is 0 Å². The average Bonchev–Trinajstić information content (AvgIpc) is 2.74. The van der Waals surface area contributed by atoms with Crippen molar-refractivity contribution in [3.63, 3.8) is 0 Å². The molecular formula is C15H21ClN4. The van der Waals surface area contributed by atoms with Crippen LogP contribution in [0.3, 0.4) is 0 Å². The predicted molar refractivity (Wildman–Crippen MR) is 82.6 cm³/mol. The van der Waals surface area contributed by atoms with Crippen LogP contribution in [0.4, 0.5) is 0 Å². The van der Waals surface area contributed by atoms with Crippen molar-refractivity contribution >= 4 is 11.6 Å². The van der Waals surface area contributed by atoms with Crippen molar-refractivity contribution in [1.82, 2.24) is 20.1 Å². The molecule has 1 aromatic carbocycles. The number of hydrogen-bond donors (Lipinski definition) is 1. The first-order chi connectivity index (χ1) is 9.52. The molecule has 5 heteroatoms. The zero-order chi connectivity index (χ0) is 14.7. The molecule has 0 fully saturated rings. The molecule has 0 aliphatic rings. The van der Waals surface area contributed by atoms with Crippen molar-refractivity contribution in [2.75, 3.05) is 6.54 Å². The van der Waals surface area contributed by atoms with Gasteiger partial charge in [0.25, 0.3) is 0 Å². The maximum absolute atomic E-state index is 6.41. The topological polar surface area (TPSA) is 42.7 Å².